The smallest absolute Gasteiger partial charge is 0.253 e. The van der Waals surface area contributed by atoms with Crippen LogP contribution in [0.4, 0.5) is 5.69 Å². The van der Waals surface area contributed by atoms with Gasteiger partial charge in [-0.05, 0) is 43.3 Å². The minimum Gasteiger partial charge on any atom is -0.336 e. The molecule has 1 N–H and O–H groups in total. The lowest BCUT2D eigenvalue weighted by molar-refractivity contribution is -0.119. The summed E-state index contributed by atoms with van der Waals surface area (Å²) < 4.78 is 0. The summed E-state index contributed by atoms with van der Waals surface area (Å²) >= 11 is 0. The number of carbonyl (C=O) groups is 2. The quantitative estimate of drug-likeness (QED) is 0.886. The van der Waals surface area contributed by atoms with Crippen molar-refractivity contribution in [2.24, 2.45) is 5.92 Å². The number of nitrogens with zero attached hydrogens (tertiary/aromatic N) is 2. The Morgan fingerprint density at radius 2 is 1.59 bits per heavy atom. The molecule has 0 saturated carbocycles. The van der Waals surface area contributed by atoms with Crippen LogP contribution in [0.15, 0.2) is 54.6 Å². The van der Waals surface area contributed by atoms with Gasteiger partial charge >= 0.3 is 0 Å². The molecule has 2 aromatic rings. The van der Waals surface area contributed by atoms with E-state index in [1.54, 1.807) is 24.3 Å². The molecule has 1 fully saturated rings. The van der Waals surface area contributed by atoms with Gasteiger partial charge in [-0.3, -0.25) is 9.59 Å². The molecule has 5 nitrogen and oxygen atoms in total. The lowest BCUT2D eigenvalue weighted by atomic mass is 10.0. The molecule has 1 aliphatic heterocycles. The number of nitrogens with one attached hydrogen (secondary N) is 1. The van der Waals surface area contributed by atoms with Gasteiger partial charge in [0.1, 0.15) is 0 Å². The van der Waals surface area contributed by atoms with Crippen molar-refractivity contribution in [3.05, 3.63) is 65.7 Å². The second-order valence-electron chi connectivity index (χ2n) is 7.25. The van der Waals surface area contributed by atoms with Crippen molar-refractivity contribution < 1.29 is 9.59 Å². The second-order valence-corrected chi connectivity index (χ2v) is 7.25. The molecule has 142 valence electrons. The van der Waals surface area contributed by atoms with E-state index in [9.17, 15) is 9.59 Å². The fourth-order valence-electron chi connectivity index (χ4n) is 3.21. The Hall–Kier alpha value is -2.66. The molecule has 1 aliphatic rings. The normalized spacial score (nSPS) is 16.0. The number of piperazine rings is 1. The minimum absolute atomic E-state index is 0.0167. The van der Waals surface area contributed by atoms with E-state index in [2.05, 4.69) is 17.3 Å². The number of anilines is 1. The molecule has 2 aromatic carbocycles. The first kappa shape index (κ1) is 19.1. The monoisotopic (exact) mass is 365 g/mol. The van der Waals surface area contributed by atoms with Gasteiger partial charge in [0, 0.05) is 43.3 Å². The van der Waals surface area contributed by atoms with E-state index in [1.165, 1.54) is 0 Å². The SMILES string of the molecule is CC(Cc1ccccc1)C(=O)Nc1ccc(C(=O)N2CCN(C)CC2)cc1. The molecule has 2 amide bonds. The Labute approximate surface area is 161 Å². The lowest BCUT2D eigenvalue weighted by Crippen LogP contribution is -2.47. The molecule has 0 radical (unpaired) electrons. The third-order valence-corrected chi connectivity index (χ3v) is 5.02. The predicted octanol–water partition coefficient (Wildman–Crippen LogP) is 2.89. The summed E-state index contributed by atoms with van der Waals surface area (Å²) in [6, 6.07) is 17.2. The van der Waals surface area contributed by atoms with Crippen LogP contribution in [0, 0.1) is 5.92 Å². The molecule has 0 spiro atoms. The summed E-state index contributed by atoms with van der Waals surface area (Å²) in [7, 11) is 2.07. The molecule has 3 rings (SSSR count). The first-order valence-electron chi connectivity index (χ1n) is 9.45. The van der Waals surface area contributed by atoms with E-state index in [0.717, 1.165) is 37.4 Å². The van der Waals surface area contributed by atoms with Crippen LogP contribution >= 0.6 is 0 Å². The molecule has 27 heavy (non-hydrogen) atoms. The maximum absolute atomic E-state index is 12.6. The fraction of sp³-hybridized carbons (Fsp3) is 0.364. The highest BCUT2D eigenvalue weighted by Crippen LogP contribution is 2.15. The van der Waals surface area contributed by atoms with E-state index >= 15 is 0 Å². The molecule has 1 heterocycles. The number of likely N-dealkylation sites (N-methyl/N-ethyl adjacent to an activating group) is 1. The molecule has 1 saturated heterocycles. The van der Waals surface area contributed by atoms with Gasteiger partial charge in [-0.25, -0.2) is 0 Å². The Bertz CT molecular complexity index is 766. The van der Waals surface area contributed by atoms with Crippen molar-refractivity contribution in [1.82, 2.24) is 9.80 Å². The van der Waals surface area contributed by atoms with Gasteiger partial charge in [-0.1, -0.05) is 37.3 Å². The van der Waals surface area contributed by atoms with Gasteiger partial charge in [-0.15, -0.1) is 0 Å². The molecular weight excluding hydrogens is 338 g/mol. The summed E-state index contributed by atoms with van der Waals surface area (Å²) in [5, 5.41) is 2.94. The van der Waals surface area contributed by atoms with E-state index in [4.69, 9.17) is 0 Å². The molecule has 0 aliphatic carbocycles. The third kappa shape index (κ3) is 5.17. The molecule has 1 atom stereocenters. The highest BCUT2D eigenvalue weighted by Gasteiger charge is 2.20. The van der Waals surface area contributed by atoms with Crippen LogP contribution in [0.25, 0.3) is 0 Å². The Morgan fingerprint density at radius 3 is 2.22 bits per heavy atom. The van der Waals surface area contributed by atoms with Crippen molar-refractivity contribution in [3.8, 4) is 0 Å². The number of rotatable bonds is 5. The zero-order valence-electron chi connectivity index (χ0n) is 16.0. The van der Waals surface area contributed by atoms with Crippen molar-refractivity contribution in [2.45, 2.75) is 13.3 Å². The molecule has 1 unspecified atom stereocenters. The summed E-state index contributed by atoms with van der Waals surface area (Å²) in [4.78, 5) is 29.1. The zero-order valence-corrected chi connectivity index (χ0v) is 16.0. The van der Waals surface area contributed by atoms with Gasteiger partial charge in [0.2, 0.25) is 5.91 Å². The van der Waals surface area contributed by atoms with Crippen LogP contribution in [0.5, 0.6) is 0 Å². The zero-order chi connectivity index (χ0) is 19.2. The maximum Gasteiger partial charge on any atom is 0.253 e. The first-order valence-corrected chi connectivity index (χ1v) is 9.45. The second kappa shape index (κ2) is 8.82. The average molecular weight is 365 g/mol. The lowest BCUT2D eigenvalue weighted by Gasteiger charge is -2.32. The molecule has 0 aromatic heterocycles. The van der Waals surface area contributed by atoms with Crippen LogP contribution in [-0.4, -0.2) is 54.8 Å². The predicted molar refractivity (Wildman–Crippen MR) is 108 cm³/mol. The van der Waals surface area contributed by atoms with Gasteiger partial charge < -0.3 is 15.1 Å². The number of hydrogen-bond acceptors (Lipinski definition) is 3. The highest BCUT2D eigenvalue weighted by molar-refractivity contribution is 5.96. The number of carbonyl (C=O) groups excluding carboxylic acids is 2. The van der Waals surface area contributed by atoms with Gasteiger partial charge in [0.15, 0.2) is 0 Å². The Kier molecular flexibility index (Phi) is 6.24. The summed E-state index contributed by atoms with van der Waals surface area (Å²) in [6.45, 7) is 5.24. The van der Waals surface area contributed by atoms with Crippen molar-refractivity contribution in [2.75, 3.05) is 38.5 Å². The summed E-state index contributed by atoms with van der Waals surface area (Å²) in [5.74, 6) is -0.0885. The van der Waals surface area contributed by atoms with Crippen LogP contribution in [0.3, 0.4) is 0 Å². The highest BCUT2D eigenvalue weighted by atomic mass is 16.2. The van der Waals surface area contributed by atoms with Crippen molar-refractivity contribution in [3.63, 3.8) is 0 Å². The van der Waals surface area contributed by atoms with E-state index in [1.807, 2.05) is 42.2 Å². The van der Waals surface area contributed by atoms with Crippen LogP contribution in [0.2, 0.25) is 0 Å². The number of benzene rings is 2. The summed E-state index contributed by atoms with van der Waals surface area (Å²) in [6.07, 6.45) is 0.701. The fourth-order valence-corrected chi connectivity index (χ4v) is 3.21. The van der Waals surface area contributed by atoms with Crippen molar-refractivity contribution in [1.29, 1.82) is 0 Å². The first-order chi connectivity index (χ1) is 13.0. The van der Waals surface area contributed by atoms with Crippen LogP contribution < -0.4 is 5.32 Å². The third-order valence-electron chi connectivity index (χ3n) is 5.02. The van der Waals surface area contributed by atoms with Crippen LogP contribution in [0.1, 0.15) is 22.8 Å². The minimum atomic E-state index is -0.126. The van der Waals surface area contributed by atoms with E-state index in [-0.39, 0.29) is 17.7 Å². The summed E-state index contributed by atoms with van der Waals surface area (Å²) in [5.41, 5.74) is 2.53. The standard InChI is InChI=1S/C22H27N3O2/c1-17(16-18-6-4-3-5-7-18)21(26)23-20-10-8-19(9-11-20)22(27)25-14-12-24(2)13-15-25/h3-11,17H,12-16H2,1-2H3,(H,23,26). The van der Waals surface area contributed by atoms with Gasteiger partial charge in [0.05, 0.1) is 0 Å². The molecule has 5 heteroatoms. The number of amides is 2. The van der Waals surface area contributed by atoms with Crippen LogP contribution in [-0.2, 0) is 11.2 Å². The maximum atomic E-state index is 12.6. The average Bonchev–Trinajstić information content (AvgIpc) is 2.69. The van der Waals surface area contributed by atoms with Gasteiger partial charge in [0.25, 0.3) is 5.91 Å². The van der Waals surface area contributed by atoms with E-state index < -0.39 is 0 Å². The van der Waals surface area contributed by atoms with Crippen molar-refractivity contribution >= 4 is 17.5 Å². The van der Waals surface area contributed by atoms with Gasteiger partial charge in [-0.2, -0.15) is 0 Å². The topological polar surface area (TPSA) is 52.7 Å². The molecular formula is C22H27N3O2. The van der Waals surface area contributed by atoms with E-state index in [0.29, 0.717) is 12.0 Å². The largest absolute Gasteiger partial charge is 0.336 e. The molecule has 0 bridgehead atoms. The Balaban J connectivity index is 1.55. The Morgan fingerprint density at radius 1 is 0.963 bits per heavy atom. The number of hydrogen-bond donors (Lipinski definition) is 1.